The Morgan fingerprint density at radius 2 is 1.95 bits per heavy atom. The second kappa shape index (κ2) is 6.20. The third-order valence-corrected chi connectivity index (χ3v) is 3.54. The Balaban J connectivity index is 2.09. The maximum Gasteiger partial charge on any atom is 0.251 e. The van der Waals surface area contributed by atoms with Gasteiger partial charge in [0.15, 0.2) is 0 Å². The van der Waals surface area contributed by atoms with E-state index in [1.807, 2.05) is 13.8 Å². The summed E-state index contributed by atoms with van der Waals surface area (Å²) < 4.78 is 27.6. The predicted molar refractivity (Wildman–Crippen MR) is 74.8 cm³/mol. The summed E-state index contributed by atoms with van der Waals surface area (Å²) in [7, 11) is 0. The minimum atomic E-state index is -0.734. The van der Waals surface area contributed by atoms with Crippen LogP contribution in [-0.4, -0.2) is 18.5 Å². The third kappa shape index (κ3) is 3.46. The largest absolute Gasteiger partial charge is 0.380 e. The van der Waals surface area contributed by atoms with Gasteiger partial charge >= 0.3 is 0 Å². The van der Waals surface area contributed by atoms with Gasteiger partial charge in [-0.05, 0) is 44.2 Å². The van der Waals surface area contributed by atoms with Gasteiger partial charge in [0, 0.05) is 18.2 Å². The molecule has 1 aromatic carbocycles. The van der Waals surface area contributed by atoms with E-state index in [1.54, 1.807) is 0 Å². The zero-order chi connectivity index (χ0) is 14.7. The number of carbonyl (C=O) groups excluding carboxylic acids is 1. The van der Waals surface area contributed by atoms with E-state index in [1.165, 1.54) is 0 Å². The van der Waals surface area contributed by atoms with Gasteiger partial charge in [-0.15, -0.1) is 0 Å². The average Bonchev–Trinajstić information content (AvgIpc) is 3.21. The van der Waals surface area contributed by atoms with Crippen LogP contribution in [0.15, 0.2) is 12.1 Å². The molecule has 0 heterocycles. The van der Waals surface area contributed by atoms with E-state index in [9.17, 15) is 13.6 Å². The van der Waals surface area contributed by atoms with Crippen LogP contribution in [0, 0.1) is 17.6 Å². The van der Waals surface area contributed by atoms with Gasteiger partial charge in [-0.1, -0.05) is 6.92 Å². The lowest BCUT2D eigenvalue weighted by atomic mass is 10.1. The molecule has 1 atom stereocenters. The number of carbonyl (C=O) groups is 1. The average molecular weight is 282 g/mol. The summed E-state index contributed by atoms with van der Waals surface area (Å²) in [5.41, 5.74) is -0.145. The van der Waals surface area contributed by atoms with E-state index in [0.29, 0.717) is 12.5 Å². The third-order valence-electron chi connectivity index (χ3n) is 3.54. The smallest absolute Gasteiger partial charge is 0.251 e. The molecule has 1 aliphatic rings. The van der Waals surface area contributed by atoms with Crippen molar-refractivity contribution in [3.05, 3.63) is 29.3 Å². The number of benzene rings is 1. The van der Waals surface area contributed by atoms with Crippen molar-refractivity contribution >= 4 is 11.6 Å². The molecule has 1 fully saturated rings. The zero-order valence-electron chi connectivity index (χ0n) is 11.8. The molecule has 1 aliphatic carbocycles. The van der Waals surface area contributed by atoms with Gasteiger partial charge in [0.1, 0.15) is 17.3 Å². The number of anilines is 1. The highest BCUT2D eigenvalue weighted by Gasteiger charge is 2.29. The van der Waals surface area contributed by atoms with E-state index in [2.05, 4.69) is 10.6 Å². The number of nitrogens with one attached hydrogen (secondary N) is 2. The van der Waals surface area contributed by atoms with E-state index in [4.69, 9.17) is 0 Å². The lowest BCUT2D eigenvalue weighted by Gasteiger charge is -2.14. The topological polar surface area (TPSA) is 41.1 Å². The van der Waals surface area contributed by atoms with Crippen molar-refractivity contribution in [3.63, 3.8) is 0 Å². The zero-order valence-corrected chi connectivity index (χ0v) is 11.8. The molecule has 1 amide bonds. The highest BCUT2D eigenvalue weighted by atomic mass is 19.1. The Kier molecular flexibility index (Phi) is 4.57. The number of hydrogen-bond donors (Lipinski definition) is 2. The highest BCUT2D eigenvalue weighted by molar-refractivity contribution is 5.94. The van der Waals surface area contributed by atoms with Gasteiger partial charge in [0.2, 0.25) is 0 Å². The molecule has 0 saturated heterocycles. The molecule has 110 valence electrons. The quantitative estimate of drug-likeness (QED) is 0.840. The van der Waals surface area contributed by atoms with Gasteiger partial charge in [0.05, 0.1) is 0 Å². The van der Waals surface area contributed by atoms with Crippen LogP contribution in [0.5, 0.6) is 0 Å². The van der Waals surface area contributed by atoms with Crippen molar-refractivity contribution in [3.8, 4) is 0 Å². The second-order valence-electron chi connectivity index (χ2n) is 5.34. The van der Waals surface area contributed by atoms with Crippen molar-refractivity contribution in [1.29, 1.82) is 0 Å². The van der Waals surface area contributed by atoms with Crippen LogP contribution < -0.4 is 10.6 Å². The van der Waals surface area contributed by atoms with E-state index in [0.717, 1.165) is 31.4 Å². The van der Waals surface area contributed by atoms with Crippen LogP contribution in [0.1, 0.15) is 43.5 Å². The van der Waals surface area contributed by atoms with Crippen LogP contribution in [0.4, 0.5) is 14.5 Å². The first-order chi connectivity index (χ1) is 9.52. The first-order valence-electron chi connectivity index (χ1n) is 7.06. The molecule has 1 saturated carbocycles. The Morgan fingerprint density at radius 3 is 2.45 bits per heavy atom. The normalized spacial score (nSPS) is 15.8. The van der Waals surface area contributed by atoms with Crippen molar-refractivity contribution in [2.45, 2.75) is 39.2 Å². The molecule has 0 spiro atoms. The number of rotatable bonds is 6. The summed E-state index contributed by atoms with van der Waals surface area (Å²) in [6.07, 6.45) is 2.97. The highest BCUT2D eigenvalue weighted by Crippen LogP contribution is 2.32. The Hall–Kier alpha value is -1.65. The van der Waals surface area contributed by atoms with Gasteiger partial charge in [-0.2, -0.15) is 0 Å². The van der Waals surface area contributed by atoms with E-state index >= 15 is 0 Å². The molecular weight excluding hydrogens is 262 g/mol. The van der Waals surface area contributed by atoms with Crippen LogP contribution in [0.25, 0.3) is 0 Å². The molecular formula is C15H20F2N2O. The monoisotopic (exact) mass is 282 g/mol. The molecule has 2 rings (SSSR count). The second-order valence-corrected chi connectivity index (χ2v) is 5.34. The van der Waals surface area contributed by atoms with Crippen molar-refractivity contribution in [2.75, 3.05) is 11.9 Å². The van der Waals surface area contributed by atoms with Crippen molar-refractivity contribution < 1.29 is 13.6 Å². The number of halogens is 2. The first-order valence-corrected chi connectivity index (χ1v) is 7.06. The maximum atomic E-state index is 13.8. The molecule has 3 nitrogen and oxygen atoms in total. The fraction of sp³-hybridized carbons (Fsp3) is 0.533. The standard InChI is InChI=1S/C15H20F2N2O/c1-3-6-18-14-12(16)7-11(8-13(14)17)15(20)19-9(2)10-4-5-10/h7-10,18H,3-6H2,1-2H3,(H,19,20). The SMILES string of the molecule is CCCNc1c(F)cc(C(=O)NC(C)C2CC2)cc1F. The van der Waals surface area contributed by atoms with Crippen LogP contribution in [-0.2, 0) is 0 Å². The molecule has 2 N–H and O–H groups in total. The Labute approximate surface area is 117 Å². The lowest BCUT2D eigenvalue weighted by molar-refractivity contribution is 0.0935. The summed E-state index contributed by atoms with van der Waals surface area (Å²) in [4.78, 5) is 12.0. The summed E-state index contributed by atoms with van der Waals surface area (Å²) >= 11 is 0. The molecule has 5 heteroatoms. The maximum absolute atomic E-state index is 13.8. The summed E-state index contributed by atoms with van der Waals surface area (Å²) in [6, 6.07) is 2.21. The van der Waals surface area contributed by atoms with Crippen LogP contribution >= 0.6 is 0 Å². The fourth-order valence-corrected chi connectivity index (χ4v) is 2.13. The summed E-state index contributed by atoms with van der Waals surface area (Å²) in [6.45, 7) is 4.31. The predicted octanol–water partition coefficient (Wildman–Crippen LogP) is 3.32. The molecule has 20 heavy (non-hydrogen) atoms. The number of hydrogen-bond acceptors (Lipinski definition) is 2. The minimum Gasteiger partial charge on any atom is -0.380 e. The summed E-state index contributed by atoms with van der Waals surface area (Å²) in [5, 5.41) is 5.47. The molecule has 1 unspecified atom stereocenters. The molecule has 0 aromatic heterocycles. The van der Waals surface area contributed by atoms with E-state index < -0.39 is 17.5 Å². The Morgan fingerprint density at radius 1 is 1.35 bits per heavy atom. The van der Waals surface area contributed by atoms with Gasteiger partial charge in [-0.3, -0.25) is 4.79 Å². The molecule has 0 bridgehead atoms. The van der Waals surface area contributed by atoms with E-state index in [-0.39, 0.29) is 17.3 Å². The Bertz CT molecular complexity index is 478. The lowest BCUT2D eigenvalue weighted by Crippen LogP contribution is -2.34. The first kappa shape index (κ1) is 14.8. The minimum absolute atomic E-state index is 0.0227. The summed E-state index contributed by atoms with van der Waals surface area (Å²) in [5.74, 6) is -1.39. The van der Waals surface area contributed by atoms with Crippen LogP contribution in [0.2, 0.25) is 0 Å². The van der Waals surface area contributed by atoms with Crippen molar-refractivity contribution in [1.82, 2.24) is 5.32 Å². The fourth-order valence-electron chi connectivity index (χ4n) is 2.13. The molecule has 0 aliphatic heterocycles. The van der Waals surface area contributed by atoms with Crippen molar-refractivity contribution in [2.24, 2.45) is 5.92 Å². The van der Waals surface area contributed by atoms with Gasteiger partial charge < -0.3 is 10.6 Å². The molecule has 0 radical (unpaired) electrons. The van der Waals surface area contributed by atoms with Gasteiger partial charge in [-0.25, -0.2) is 8.78 Å². The molecule has 1 aromatic rings. The number of amides is 1. The van der Waals surface area contributed by atoms with Crippen LogP contribution in [0.3, 0.4) is 0 Å². The van der Waals surface area contributed by atoms with Gasteiger partial charge in [0.25, 0.3) is 5.91 Å².